The van der Waals surface area contributed by atoms with E-state index in [4.69, 9.17) is 0 Å². The molecule has 258 valence electrons. The molecule has 0 amide bonds. The third-order valence-electron chi connectivity index (χ3n) is 10.8. The first kappa shape index (κ1) is 32.6. The van der Waals surface area contributed by atoms with E-state index in [1.54, 1.807) is 0 Å². The molecule has 0 saturated heterocycles. The number of nitrogens with one attached hydrogen (secondary N) is 1. The predicted molar refractivity (Wildman–Crippen MR) is 236 cm³/mol. The summed E-state index contributed by atoms with van der Waals surface area (Å²) in [5.74, 6) is 0. The molecule has 9 aromatic rings. The van der Waals surface area contributed by atoms with Crippen molar-refractivity contribution in [2.24, 2.45) is 0 Å². The maximum Gasteiger partial charge on any atom is 0.294 e. The molecule has 1 heterocycles. The number of anilines is 2. The van der Waals surface area contributed by atoms with E-state index in [1.807, 2.05) is 11.3 Å². The molecule has 0 unspecified atom stereocenters. The molecule has 1 aliphatic carbocycles. The van der Waals surface area contributed by atoms with E-state index in [9.17, 15) is 0 Å². The molecule has 0 bridgehead atoms. The van der Waals surface area contributed by atoms with E-state index in [2.05, 4.69) is 215 Å². The summed E-state index contributed by atoms with van der Waals surface area (Å²) in [6.45, 7) is 0. The van der Waals surface area contributed by atoms with Crippen LogP contribution in [0.15, 0.2) is 206 Å². The van der Waals surface area contributed by atoms with Gasteiger partial charge in [0, 0.05) is 25.9 Å². The van der Waals surface area contributed by atoms with E-state index in [0.717, 1.165) is 12.1 Å². The Kier molecular flexibility index (Phi) is 8.33. The molecule has 0 aliphatic heterocycles. The summed E-state index contributed by atoms with van der Waals surface area (Å²) in [6.07, 6.45) is 0.946. The van der Waals surface area contributed by atoms with E-state index in [-0.39, 0.29) is 0 Å². The van der Waals surface area contributed by atoms with Gasteiger partial charge in [0.25, 0.3) is 8.40 Å². The first-order valence-corrected chi connectivity index (χ1v) is 22.8. The number of rotatable bonds is 9. The highest BCUT2D eigenvalue weighted by molar-refractivity contribution is 7.26. The summed E-state index contributed by atoms with van der Waals surface area (Å²) >= 11 is 1.89. The lowest BCUT2D eigenvalue weighted by molar-refractivity contribution is 1.26. The fourth-order valence-electron chi connectivity index (χ4n) is 8.38. The van der Waals surface area contributed by atoms with Crippen molar-refractivity contribution in [2.45, 2.75) is 6.42 Å². The topological polar surface area (TPSA) is 15.3 Å². The van der Waals surface area contributed by atoms with Crippen molar-refractivity contribution in [1.29, 1.82) is 0 Å². The van der Waals surface area contributed by atoms with Crippen LogP contribution >= 0.6 is 11.3 Å². The predicted octanol–water partition coefficient (Wildman–Crippen LogP) is 9.61. The summed E-state index contributed by atoms with van der Waals surface area (Å²) in [6, 6.07) is 77.0. The average molecular weight is 742 g/mol. The molecule has 1 aliphatic rings. The minimum atomic E-state index is -3.19. The van der Waals surface area contributed by atoms with Gasteiger partial charge in [-0.25, -0.2) is 0 Å². The van der Waals surface area contributed by atoms with Crippen molar-refractivity contribution in [3.05, 3.63) is 217 Å². The zero-order valence-corrected chi connectivity index (χ0v) is 32.5. The van der Waals surface area contributed by atoms with Crippen LogP contribution in [0.5, 0.6) is 0 Å². The standard InChI is InChI=1S/C49H37N2SSi2/c1-5-18-40(19-6-1)53(41-20-7-2-8-21-41)51(39-30-32-47-46-27-15-16-28-48(46)52-49(47)35-39)54(42-22-9-3-10-23-42,43-24-11-4-12-25-43)50-38-29-31-45-37(34-38)33-36-17-13-14-26-44(36)45/h1-32,34-35,50H,33H2/q-1. The monoisotopic (exact) mass is 741 g/mol. The highest BCUT2D eigenvalue weighted by Crippen LogP contribution is 2.40. The molecule has 5 heteroatoms. The van der Waals surface area contributed by atoms with Crippen molar-refractivity contribution >= 4 is 81.0 Å². The highest BCUT2D eigenvalue weighted by Gasteiger charge is 2.44. The maximum absolute atomic E-state index is 4.47. The molecule has 54 heavy (non-hydrogen) atoms. The van der Waals surface area contributed by atoms with Crippen LogP contribution in [0.25, 0.3) is 31.3 Å². The Morgan fingerprint density at radius 2 is 1.02 bits per heavy atom. The Morgan fingerprint density at radius 1 is 0.463 bits per heavy atom. The fraction of sp³-hybridized carbons (Fsp3) is 0.0204. The normalized spacial score (nSPS) is 12.0. The molecular weight excluding hydrogens is 705 g/mol. The molecule has 0 atom stereocenters. The molecule has 0 fully saturated rings. The lowest BCUT2D eigenvalue weighted by Crippen LogP contribution is -2.82. The molecule has 0 spiro atoms. The second kappa shape index (κ2) is 13.8. The Balaban J connectivity index is 1.28. The number of hydrogen-bond acceptors (Lipinski definition) is 3. The van der Waals surface area contributed by atoms with Gasteiger partial charge in [0.15, 0.2) is 0 Å². The van der Waals surface area contributed by atoms with Crippen LogP contribution < -0.4 is 30.0 Å². The minimum absolute atomic E-state index is 0.946. The number of thiophene rings is 1. The van der Waals surface area contributed by atoms with Gasteiger partial charge in [-0.3, -0.25) is 0 Å². The Bertz CT molecular complexity index is 2650. The summed E-state index contributed by atoms with van der Waals surface area (Å²) in [4.78, 5) is 4.47. The number of fused-ring (bicyclic) bond motifs is 6. The zero-order chi connectivity index (χ0) is 35.9. The van der Waals surface area contributed by atoms with Crippen molar-refractivity contribution in [2.75, 3.05) is 9.21 Å². The third kappa shape index (κ3) is 5.60. The van der Waals surface area contributed by atoms with Gasteiger partial charge in [0.2, 0.25) is 0 Å². The van der Waals surface area contributed by atoms with Crippen LogP contribution in [0.1, 0.15) is 11.1 Å². The van der Waals surface area contributed by atoms with Crippen molar-refractivity contribution in [1.82, 2.24) is 0 Å². The van der Waals surface area contributed by atoms with Gasteiger partial charge >= 0.3 is 0 Å². The Labute approximate surface area is 323 Å². The van der Waals surface area contributed by atoms with Gasteiger partial charge in [-0.15, -0.1) is 11.3 Å². The average Bonchev–Trinajstić information content (AvgIpc) is 3.81. The molecule has 0 saturated carbocycles. The summed E-state index contributed by atoms with van der Waals surface area (Å²) in [7, 11) is -4.87. The summed E-state index contributed by atoms with van der Waals surface area (Å²) in [5.41, 5.74) is 7.85. The van der Waals surface area contributed by atoms with Crippen molar-refractivity contribution in [3.8, 4) is 11.1 Å². The Morgan fingerprint density at radius 3 is 1.70 bits per heavy atom. The number of nitrogens with zero attached hydrogens (tertiary/aromatic N) is 1. The molecule has 1 aromatic heterocycles. The van der Waals surface area contributed by atoms with Gasteiger partial charge in [-0.1, -0.05) is 176 Å². The van der Waals surface area contributed by atoms with E-state index in [1.165, 1.54) is 68.9 Å². The van der Waals surface area contributed by atoms with Crippen molar-refractivity contribution < 1.29 is 0 Å². The van der Waals surface area contributed by atoms with Crippen LogP contribution in [0.3, 0.4) is 0 Å². The number of benzene rings is 8. The summed E-state index contributed by atoms with van der Waals surface area (Å²) < 4.78 is 5.51. The first-order chi connectivity index (χ1) is 26.8. The highest BCUT2D eigenvalue weighted by atomic mass is 32.1. The first-order valence-electron chi connectivity index (χ1n) is 18.6. The van der Waals surface area contributed by atoms with E-state index < -0.39 is 17.4 Å². The largest absolute Gasteiger partial charge is 0.526 e. The smallest absolute Gasteiger partial charge is 0.294 e. The molecular formula is C49H37N2SSi2-. The van der Waals surface area contributed by atoms with Gasteiger partial charge < -0.3 is 9.21 Å². The van der Waals surface area contributed by atoms with Crippen LogP contribution in [0, 0.1) is 0 Å². The fourth-order valence-corrected chi connectivity index (χ4v) is 18.5. The molecule has 10 rings (SSSR count). The molecule has 2 nitrogen and oxygen atoms in total. The van der Waals surface area contributed by atoms with Crippen LogP contribution in [-0.2, 0) is 6.42 Å². The maximum atomic E-state index is 4.47. The lowest BCUT2D eigenvalue weighted by atomic mass is 10.1. The quantitative estimate of drug-likeness (QED) is 0.148. The van der Waals surface area contributed by atoms with Crippen LogP contribution in [0.2, 0.25) is 0 Å². The Hall–Kier alpha value is -5.99. The van der Waals surface area contributed by atoms with Gasteiger partial charge in [-0.2, -0.15) is 19.3 Å². The molecule has 1 N–H and O–H groups in total. The second-order valence-corrected chi connectivity index (χ2v) is 21.1. The number of hydrogen-bond donors (Lipinski definition) is 1. The second-order valence-electron chi connectivity index (χ2n) is 14.0. The van der Waals surface area contributed by atoms with E-state index >= 15 is 0 Å². The lowest BCUT2D eigenvalue weighted by Gasteiger charge is -2.58. The zero-order valence-electron chi connectivity index (χ0n) is 29.7. The third-order valence-corrected chi connectivity index (χ3v) is 20.0. The summed E-state index contributed by atoms with van der Waals surface area (Å²) in [5, 5.41) is 7.95. The van der Waals surface area contributed by atoms with Crippen molar-refractivity contribution in [3.63, 3.8) is 0 Å². The molecule has 0 radical (unpaired) electrons. The van der Waals surface area contributed by atoms with Gasteiger partial charge in [-0.05, 0) is 75.1 Å². The van der Waals surface area contributed by atoms with Gasteiger partial charge in [0.05, 0.1) is 0 Å². The SMILES string of the molecule is c1ccc([Si-](c2ccccc2)N(c2ccc3c(c2)sc2ccccc23)[Si](Nc2ccc3c(c2)Cc2ccccc2-3)(c2ccccc2)c2ccccc2)cc1. The minimum Gasteiger partial charge on any atom is -0.526 e. The van der Waals surface area contributed by atoms with E-state index in [0.29, 0.717) is 0 Å². The molecule has 8 aromatic carbocycles. The van der Waals surface area contributed by atoms with Gasteiger partial charge in [0.1, 0.15) is 0 Å². The van der Waals surface area contributed by atoms with Crippen LogP contribution in [0.4, 0.5) is 11.4 Å². The van der Waals surface area contributed by atoms with Crippen LogP contribution in [-0.4, -0.2) is 17.4 Å².